The van der Waals surface area contributed by atoms with Gasteiger partial charge in [0.15, 0.2) is 0 Å². The number of carbonyl (C=O) groups excluding carboxylic acids is 1. The fraction of sp³-hybridized carbons (Fsp3) is 0.533. The van der Waals surface area contributed by atoms with Crippen LogP contribution in [0.4, 0.5) is 4.79 Å². The first-order chi connectivity index (χ1) is 8.88. The van der Waals surface area contributed by atoms with Crippen LogP contribution in [0.15, 0.2) is 18.2 Å². The van der Waals surface area contributed by atoms with Gasteiger partial charge in [-0.15, -0.1) is 0 Å². The number of carbonyl (C=O) groups is 1. The quantitative estimate of drug-likeness (QED) is 0.877. The van der Waals surface area contributed by atoms with Gasteiger partial charge in [0, 0.05) is 7.05 Å². The summed E-state index contributed by atoms with van der Waals surface area (Å²) < 4.78 is 0. The number of aryl methyl sites for hydroxylation is 1. The Hall–Kier alpha value is -1.55. The Kier molecular flexibility index (Phi) is 5.36. The van der Waals surface area contributed by atoms with Gasteiger partial charge in [-0.05, 0) is 44.4 Å². The van der Waals surface area contributed by atoms with Crippen LogP contribution in [0.5, 0.6) is 0 Å². The first-order valence-corrected chi connectivity index (χ1v) is 6.58. The van der Waals surface area contributed by atoms with E-state index in [0.717, 1.165) is 5.56 Å². The molecule has 19 heavy (non-hydrogen) atoms. The largest absolute Gasteiger partial charge is 0.394 e. The summed E-state index contributed by atoms with van der Waals surface area (Å²) in [6, 6.07) is 5.68. The maximum absolute atomic E-state index is 12.0. The Morgan fingerprint density at radius 2 is 2.00 bits per heavy atom. The van der Waals surface area contributed by atoms with Crippen molar-refractivity contribution in [1.82, 2.24) is 10.2 Å². The van der Waals surface area contributed by atoms with Crippen molar-refractivity contribution in [3.05, 3.63) is 34.9 Å². The molecule has 0 radical (unpaired) electrons. The van der Waals surface area contributed by atoms with Crippen molar-refractivity contribution in [1.29, 1.82) is 0 Å². The highest BCUT2D eigenvalue weighted by Crippen LogP contribution is 2.20. The molecule has 0 aliphatic rings. The second-order valence-electron chi connectivity index (χ2n) is 5.10. The van der Waals surface area contributed by atoms with E-state index in [2.05, 4.69) is 25.2 Å². The molecule has 1 aromatic carbocycles. The lowest BCUT2D eigenvalue weighted by Gasteiger charge is -2.26. The lowest BCUT2D eigenvalue weighted by atomic mass is 9.98. The molecule has 0 aromatic heterocycles. The zero-order valence-corrected chi connectivity index (χ0v) is 12.4. The average Bonchev–Trinajstić information content (AvgIpc) is 2.39. The van der Waals surface area contributed by atoms with Crippen molar-refractivity contribution in [2.24, 2.45) is 0 Å². The maximum atomic E-state index is 12.0. The minimum Gasteiger partial charge on any atom is -0.394 e. The highest BCUT2D eigenvalue weighted by molar-refractivity contribution is 5.74. The molecule has 0 aliphatic carbocycles. The van der Waals surface area contributed by atoms with Crippen molar-refractivity contribution < 1.29 is 9.90 Å². The van der Waals surface area contributed by atoms with Crippen molar-refractivity contribution >= 4 is 6.03 Å². The molecule has 1 rings (SSSR count). The number of urea groups is 1. The number of benzene rings is 1. The van der Waals surface area contributed by atoms with Crippen molar-refractivity contribution in [3.63, 3.8) is 0 Å². The minimum atomic E-state index is -0.189. The van der Waals surface area contributed by atoms with Crippen LogP contribution in [-0.2, 0) is 0 Å². The van der Waals surface area contributed by atoms with Gasteiger partial charge in [0.2, 0.25) is 0 Å². The Labute approximate surface area is 115 Å². The van der Waals surface area contributed by atoms with Crippen molar-refractivity contribution in [2.45, 2.75) is 39.8 Å². The van der Waals surface area contributed by atoms with E-state index >= 15 is 0 Å². The fourth-order valence-corrected chi connectivity index (χ4v) is 1.93. The van der Waals surface area contributed by atoms with Crippen LogP contribution in [-0.4, -0.2) is 35.7 Å². The molecule has 0 saturated heterocycles. The van der Waals surface area contributed by atoms with Crippen LogP contribution < -0.4 is 5.32 Å². The van der Waals surface area contributed by atoms with Crippen LogP contribution in [0.25, 0.3) is 0 Å². The number of amides is 2. The van der Waals surface area contributed by atoms with Crippen LogP contribution in [0.2, 0.25) is 0 Å². The molecule has 106 valence electrons. The molecule has 4 heteroatoms. The third-order valence-corrected chi connectivity index (χ3v) is 3.70. The van der Waals surface area contributed by atoms with E-state index in [1.54, 1.807) is 7.05 Å². The molecule has 0 bridgehead atoms. The molecule has 1 aromatic rings. The van der Waals surface area contributed by atoms with Gasteiger partial charge in [0.05, 0.1) is 18.7 Å². The summed E-state index contributed by atoms with van der Waals surface area (Å²) in [5.41, 5.74) is 3.54. The summed E-state index contributed by atoms with van der Waals surface area (Å²) >= 11 is 0. The van der Waals surface area contributed by atoms with E-state index in [4.69, 9.17) is 5.11 Å². The Balaban J connectivity index is 2.77. The lowest BCUT2D eigenvalue weighted by Crippen LogP contribution is -2.44. The van der Waals surface area contributed by atoms with Gasteiger partial charge in [-0.25, -0.2) is 4.79 Å². The monoisotopic (exact) mass is 264 g/mol. The lowest BCUT2D eigenvalue weighted by molar-refractivity contribution is 0.155. The molecule has 0 spiro atoms. The van der Waals surface area contributed by atoms with Crippen LogP contribution in [0, 0.1) is 13.8 Å². The SMILES string of the molecule is Cc1cccc(C(C)NC(=O)N(C)C(C)CO)c1C. The number of nitrogens with one attached hydrogen (secondary N) is 1. The van der Waals surface area contributed by atoms with Gasteiger partial charge in [-0.2, -0.15) is 0 Å². The summed E-state index contributed by atoms with van der Waals surface area (Å²) in [5.74, 6) is 0. The summed E-state index contributed by atoms with van der Waals surface area (Å²) in [4.78, 5) is 13.5. The van der Waals surface area contributed by atoms with E-state index < -0.39 is 0 Å². The van der Waals surface area contributed by atoms with Crippen molar-refractivity contribution in [2.75, 3.05) is 13.7 Å². The van der Waals surface area contributed by atoms with Crippen LogP contribution in [0.1, 0.15) is 36.6 Å². The second-order valence-corrected chi connectivity index (χ2v) is 5.10. The number of hydrogen-bond donors (Lipinski definition) is 2. The van der Waals surface area contributed by atoms with Gasteiger partial charge in [-0.3, -0.25) is 0 Å². The van der Waals surface area contributed by atoms with E-state index in [1.807, 2.05) is 26.0 Å². The molecule has 2 atom stereocenters. The predicted octanol–water partition coefficient (Wildman–Crippen LogP) is 2.39. The smallest absolute Gasteiger partial charge is 0.317 e. The maximum Gasteiger partial charge on any atom is 0.317 e. The standard InChI is InChI=1S/C15H24N2O2/c1-10-7-6-8-14(12(10)3)13(4)16-15(19)17(5)11(2)9-18/h6-8,11,13,18H,9H2,1-5H3,(H,16,19). The van der Waals surface area contributed by atoms with Gasteiger partial charge < -0.3 is 15.3 Å². The van der Waals surface area contributed by atoms with Crippen LogP contribution in [0.3, 0.4) is 0 Å². The van der Waals surface area contributed by atoms with Gasteiger partial charge in [0.1, 0.15) is 0 Å². The Morgan fingerprint density at radius 3 is 2.58 bits per heavy atom. The van der Waals surface area contributed by atoms with E-state index in [9.17, 15) is 4.79 Å². The number of likely N-dealkylation sites (N-methyl/N-ethyl adjacent to an activating group) is 1. The highest BCUT2D eigenvalue weighted by Gasteiger charge is 2.18. The third-order valence-electron chi connectivity index (χ3n) is 3.70. The zero-order valence-electron chi connectivity index (χ0n) is 12.4. The molecule has 0 aliphatic heterocycles. The average molecular weight is 264 g/mol. The topological polar surface area (TPSA) is 52.6 Å². The van der Waals surface area contributed by atoms with Gasteiger partial charge >= 0.3 is 6.03 Å². The number of hydrogen-bond acceptors (Lipinski definition) is 2. The van der Waals surface area contributed by atoms with E-state index in [0.29, 0.717) is 0 Å². The van der Waals surface area contributed by atoms with Gasteiger partial charge in [-0.1, -0.05) is 18.2 Å². The minimum absolute atomic E-state index is 0.0399. The molecular weight excluding hydrogens is 240 g/mol. The van der Waals surface area contributed by atoms with E-state index in [-0.39, 0.29) is 24.7 Å². The van der Waals surface area contributed by atoms with Crippen molar-refractivity contribution in [3.8, 4) is 0 Å². The number of aliphatic hydroxyl groups excluding tert-OH is 1. The first kappa shape index (κ1) is 15.5. The number of nitrogens with zero attached hydrogens (tertiary/aromatic N) is 1. The number of rotatable bonds is 4. The number of aliphatic hydroxyl groups is 1. The molecule has 0 fully saturated rings. The molecule has 0 heterocycles. The summed E-state index contributed by atoms with van der Waals surface area (Å²) in [6.45, 7) is 7.86. The Morgan fingerprint density at radius 1 is 1.37 bits per heavy atom. The second kappa shape index (κ2) is 6.57. The Bertz CT molecular complexity index is 446. The highest BCUT2D eigenvalue weighted by atomic mass is 16.3. The summed E-state index contributed by atoms with van der Waals surface area (Å²) in [7, 11) is 1.69. The van der Waals surface area contributed by atoms with Crippen LogP contribution >= 0.6 is 0 Å². The summed E-state index contributed by atoms with van der Waals surface area (Å²) in [6.07, 6.45) is 0. The molecule has 2 amide bonds. The normalized spacial score (nSPS) is 13.8. The molecule has 0 saturated carbocycles. The van der Waals surface area contributed by atoms with E-state index in [1.165, 1.54) is 16.0 Å². The zero-order chi connectivity index (χ0) is 14.6. The van der Waals surface area contributed by atoms with Gasteiger partial charge in [0.25, 0.3) is 0 Å². The molecule has 2 N–H and O–H groups in total. The first-order valence-electron chi connectivity index (χ1n) is 6.58. The summed E-state index contributed by atoms with van der Waals surface area (Å²) in [5, 5.41) is 12.0. The third kappa shape index (κ3) is 3.70. The molecular formula is C15H24N2O2. The molecule has 4 nitrogen and oxygen atoms in total. The molecule has 2 unspecified atom stereocenters. The predicted molar refractivity (Wildman–Crippen MR) is 77.2 cm³/mol. The fourth-order valence-electron chi connectivity index (χ4n) is 1.93.